The van der Waals surface area contributed by atoms with Gasteiger partial charge in [-0.3, -0.25) is 4.79 Å². The summed E-state index contributed by atoms with van der Waals surface area (Å²) in [5.41, 5.74) is -0.0905. The molecule has 0 aliphatic carbocycles. The van der Waals surface area contributed by atoms with Crippen molar-refractivity contribution in [3.63, 3.8) is 0 Å². The van der Waals surface area contributed by atoms with E-state index in [0.717, 1.165) is 19.3 Å². The Morgan fingerprint density at radius 1 is 1.37 bits per heavy atom. The van der Waals surface area contributed by atoms with E-state index in [9.17, 15) is 14.7 Å². The van der Waals surface area contributed by atoms with Crippen molar-refractivity contribution in [2.75, 3.05) is 5.32 Å². The summed E-state index contributed by atoms with van der Waals surface area (Å²) in [6.45, 7) is 3.86. The van der Waals surface area contributed by atoms with Crippen molar-refractivity contribution in [2.24, 2.45) is 5.92 Å². The van der Waals surface area contributed by atoms with Gasteiger partial charge in [-0.15, -0.1) is 0 Å². The number of hydrogen-bond acceptors (Lipinski definition) is 3. The largest absolute Gasteiger partial charge is 0.505 e. The second-order valence-electron chi connectivity index (χ2n) is 4.54. The molecule has 5 nitrogen and oxygen atoms in total. The molecule has 104 valence electrons. The molecule has 0 fully saturated rings. The van der Waals surface area contributed by atoms with Gasteiger partial charge in [-0.05, 0) is 18.6 Å². The molecule has 0 spiro atoms. The molecule has 0 aliphatic rings. The van der Waals surface area contributed by atoms with Gasteiger partial charge in [0.1, 0.15) is 5.56 Å². The lowest BCUT2D eigenvalue weighted by molar-refractivity contribution is -0.119. The van der Waals surface area contributed by atoms with Crippen molar-refractivity contribution in [1.82, 2.24) is 0 Å². The predicted molar refractivity (Wildman–Crippen MR) is 72.4 cm³/mol. The van der Waals surface area contributed by atoms with E-state index < -0.39 is 11.7 Å². The van der Waals surface area contributed by atoms with E-state index in [0.29, 0.717) is 0 Å². The third-order valence-corrected chi connectivity index (χ3v) is 2.96. The predicted octanol–water partition coefficient (Wildman–Crippen LogP) is 2.86. The van der Waals surface area contributed by atoms with Crippen LogP contribution in [0.25, 0.3) is 0 Å². The molecule has 0 saturated carbocycles. The fourth-order valence-electron chi connectivity index (χ4n) is 1.71. The van der Waals surface area contributed by atoms with Gasteiger partial charge in [0.25, 0.3) is 0 Å². The number of para-hydroxylation sites is 1. The number of phenols is 1. The van der Waals surface area contributed by atoms with Crippen molar-refractivity contribution >= 4 is 17.6 Å². The molecule has 1 unspecified atom stereocenters. The van der Waals surface area contributed by atoms with E-state index in [1.165, 1.54) is 18.2 Å². The van der Waals surface area contributed by atoms with Gasteiger partial charge in [-0.2, -0.15) is 0 Å². The van der Waals surface area contributed by atoms with Crippen LogP contribution in [-0.4, -0.2) is 22.1 Å². The highest BCUT2D eigenvalue weighted by molar-refractivity contribution is 5.98. The van der Waals surface area contributed by atoms with E-state index in [2.05, 4.69) is 5.32 Å². The summed E-state index contributed by atoms with van der Waals surface area (Å²) in [5.74, 6) is -2.03. The lowest BCUT2D eigenvalue weighted by Crippen LogP contribution is -2.20. The average Bonchev–Trinajstić information content (AvgIpc) is 2.37. The minimum Gasteiger partial charge on any atom is -0.505 e. The molecule has 0 saturated heterocycles. The fraction of sp³-hybridized carbons (Fsp3) is 0.429. The standard InChI is InChI=1S/C14H19NO4/c1-3-4-6-9(2)13(17)15-11-8-5-7-10(12(11)16)14(18)19/h5,7-9,16H,3-4,6H2,1-2H3,(H,15,17)(H,18,19). The maximum Gasteiger partial charge on any atom is 0.339 e. The number of amides is 1. The van der Waals surface area contributed by atoms with Gasteiger partial charge in [-0.25, -0.2) is 4.79 Å². The SMILES string of the molecule is CCCCC(C)C(=O)Nc1cccc(C(=O)O)c1O. The zero-order chi connectivity index (χ0) is 14.4. The van der Waals surface area contributed by atoms with Crippen LogP contribution in [0, 0.1) is 5.92 Å². The van der Waals surface area contributed by atoms with Crippen molar-refractivity contribution in [1.29, 1.82) is 0 Å². The van der Waals surface area contributed by atoms with E-state index in [1.807, 2.05) is 13.8 Å². The first-order chi connectivity index (χ1) is 8.97. The molecule has 0 aliphatic heterocycles. The quantitative estimate of drug-likeness (QED) is 0.690. The van der Waals surface area contributed by atoms with Crippen LogP contribution >= 0.6 is 0 Å². The molecule has 1 aromatic carbocycles. The minimum absolute atomic E-state index is 0.133. The highest BCUT2D eigenvalue weighted by Crippen LogP contribution is 2.28. The molecule has 1 aromatic rings. The minimum atomic E-state index is -1.23. The zero-order valence-electron chi connectivity index (χ0n) is 11.1. The summed E-state index contributed by atoms with van der Waals surface area (Å²) in [6.07, 6.45) is 2.73. The van der Waals surface area contributed by atoms with Gasteiger partial charge in [0, 0.05) is 5.92 Å². The van der Waals surface area contributed by atoms with Gasteiger partial charge in [0.2, 0.25) is 5.91 Å². The topological polar surface area (TPSA) is 86.6 Å². The Kier molecular flexibility index (Phi) is 5.36. The van der Waals surface area contributed by atoms with Gasteiger partial charge in [0.05, 0.1) is 5.69 Å². The Morgan fingerprint density at radius 3 is 2.63 bits per heavy atom. The normalized spacial score (nSPS) is 11.9. The number of carboxylic acid groups (broad SMARTS) is 1. The van der Waals surface area contributed by atoms with E-state index in [-0.39, 0.29) is 23.1 Å². The van der Waals surface area contributed by atoms with Gasteiger partial charge in [0.15, 0.2) is 5.75 Å². The van der Waals surface area contributed by atoms with Crippen LogP contribution in [0.4, 0.5) is 5.69 Å². The molecule has 5 heteroatoms. The first kappa shape index (κ1) is 15.0. The third kappa shape index (κ3) is 3.98. The molecule has 1 amide bonds. The number of aromatic carboxylic acids is 1. The number of carboxylic acids is 1. The van der Waals surface area contributed by atoms with Gasteiger partial charge >= 0.3 is 5.97 Å². The molecule has 19 heavy (non-hydrogen) atoms. The molecule has 0 radical (unpaired) electrons. The monoisotopic (exact) mass is 265 g/mol. The highest BCUT2D eigenvalue weighted by atomic mass is 16.4. The second-order valence-corrected chi connectivity index (χ2v) is 4.54. The molecule has 0 heterocycles. The zero-order valence-corrected chi connectivity index (χ0v) is 11.1. The molecule has 1 rings (SSSR count). The number of hydrogen-bond donors (Lipinski definition) is 3. The first-order valence-electron chi connectivity index (χ1n) is 6.33. The van der Waals surface area contributed by atoms with Crippen LogP contribution < -0.4 is 5.32 Å². The van der Waals surface area contributed by atoms with E-state index >= 15 is 0 Å². The summed E-state index contributed by atoms with van der Waals surface area (Å²) < 4.78 is 0. The molecule has 1 atom stereocenters. The van der Waals surface area contributed by atoms with Crippen LogP contribution in [0.1, 0.15) is 43.5 Å². The average molecular weight is 265 g/mol. The number of aromatic hydroxyl groups is 1. The summed E-state index contributed by atoms with van der Waals surface area (Å²) in [4.78, 5) is 22.7. The van der Waals surface area contributed by atoms with Crippen molar-refractivity contribution < 1.29 is 19.8 Å². The number of carbonyl (C=O) groups excluding carboxylic acids is 1. The number of benzene rings is 1. The number of rotatable bonds is 6. The van der Waals surface area contributed by atoms with Crippen molar-refractivity contribution in [3.8, 4) is 5.75 Å². The Morgan fingerprint density at radius 2 is 2.05 bits per heavy atom. The second kappa shape index (κ2) is 6.78. The Balaban J connectivity index is 2.80. The lowest BCUT2D eigenvalue weighted by Gasteiger charge is -2.13. The van der Waals surface area contributed by atoms with Crippen molar-refractivity contribution in [3.05, 3.63) is 23.8 Å². The molecule has 3 N–H and O–H groups in total. The van der Waals surface area contributed by atoms with Crippen LogP contribution in [0.3, 0.4) is 0 Å². The van der Waals surface area contributed by atoms with Crippen LogP contribution in [-0.2, 0) is 4.79 Å². The summed E-state index contributed by atoms with van der Waals surface area (Å²) in [6, 6.07) is 4.25. The first-order valence-corrected chi connectivity index (χ1v) is 6.33. The smallest absolute Gasteiger partial charge is 0.339 e. The van der Waals surface area contributed by atoms with Gasteiger partial charge in [-0.1, -0.05) is 32.8 Å². The lowest BCUT2D eigenvalue weighted by atomic mass is 10.0. The molecule has 0 aromatic heterocycles. The third-order valence-electron chi connectivity index (χ3n) is 2.96. The highest BCUT2D eigenvalue weighted by Gasteiger charge is 2.17. The maximum atomic E-state index is 11.9. The molecular weight excluding hydrogens is 246 g/mol. The van der Waals surface area contributed by atoms with Crippen molar-refractivity contribution in [2.45, 2.75) is 33.1 Å². The maximum absolute atomic E-state index is 11.9. The summed E-state index contributed by atoms with van der Waals surface area (Å²) in [7, 11) is 0. The van der Waals surface area contributed by atoms with Gasteiger partial charge < -0.3 is 15.5 Å². The summed E-state index contributed by atoms with van der Waals surface area (Å²) in [5, 5.41) is 21.2. The Bertz CT molecular complexity index is 471. The van der Waals surface area contributed by atoms with E-state index in [4.69, 9.17) is 5.11 Å². The Hall–Kier alpha value is -2.04. The Labute approximate surface area is 112 Å². The number of unbranched alkanes of at least 4 members (excludes halogenated alkanes) is 1. The van der Waals surface area contributed by atoms with Crippen LogP contribution in [0.15, 0.2) is 18.2 Å². The van der Waals surface area contributed by atoms with Crippen LogP contribution in [0.5, 0.6) is 5.75 Å². The molecular formula is C14H19NO4. The number of anilines is 1. The number of nitrogens with one attached hydrogen (secondary N) is 1. The summed E-state index contributed by atoms with van der Waals surface area (Å²) >= 11 is 0. The molecule has 0 bridgehead atoms. The number of carbonyl (C=O) groups is 2. The van der Waals surface area contributed by atoms with Crippen LogP contribution in [0.2, 0.25) is 0 Å². The fourth-order valence-corrected chi connectivity index (χ4v) is 1.71. The van der Waals surface area contributed by atoms with E-state index in [1.54, 1.807) is 0 Å².